The molecule has 0 radical (unpaired) electrons. The zero-order valence-corrected chi connectivity index (χ0v) is 12.2. The summed E-state index contributed by atoms with van der Waals surface area (Å²) in [5.41, 5.74) is 0.486. The molecule has 0 aromatic heterocycles. The minimum atomic E-state index is -1.02. The van der Waals surface area contributed by atoms with E-state index < -0.39 is 12.1 Å². The van der Waals surface area contributed by atoms with Crippen LogP contribution in [0.4, 0.5) is 4.79 Å². The molecule has 6 heteroatoms. The third-order valence-corrected chi connectivity index (χ3v) is 3.74. The Labute approximate surface area is 128 Å². The number of nitrogens with zero attached hydrogens (tertiary/aromatic N) is 1. The number of ether oxygens (including phenoxy) is 1. The fourth-order valence-electron chi connectivity index (χ4n) is 2.57. The van der Waals surface area contributed by atoms with Crippen molar-refractivity contribution in [2.24, 2.45) is 0 Å². The van der Waals surface area contributed by atoms with Crippen LogP contribution in [-0.4, -0.2) is 47.0 Å². The van der Waals surface area contributed by atoms with E-state index in [-0.39, 0.29) is 24.9 Å². The lowest BCUT2D eigenvalue weighted by Gasteiger charge is -2.32. The number of carbonyl (C=O) groups is 3. The molecule has 1 aromatic rings. The second kappa shape index (κ2) is 7.59. The molecule has 0 saturated carbocycles. The molecule has 1 heterocycles. The van der Waals surface area contributed by atoms with Gasteiger partial charge in [-0.25, -0.2) is 4.79 Å². The number of likely N-dealkylation sites (tertiary alicyclic amines) is 1. The van der Waals surface area contributed by atoms with Crippen LogP contribution in [0.15, 0.2) is 30.3 Å². The Bertz CT molecular complexity index is 543. The highest BCUT2D eigenvalue weighted by atomic mass is 16.5. The van der Waals surface area contributed by atoms with Crippen LogP contribution < -0.4 is 0 Å². The lowest BCUT2D eigenvalue weighted by Crippen LogP contribution is -2.44. The molecule has 0 aliphatic carbocycles. The van der Waals surface area contributed by atoms with Gasteiger partial charge in [0.15, 0.2) is 12.4 Å². The van der Waals surface area contributed by atoms with E-state index in [9.17, 15) is 14.4 Å². The predicted octanol–water partition coefficient (Wildman–Crippen LogP) is 2.34. The first-order chi connectivity index (χ1) is 10.6. The van der Waals surface area contributed by atoms with Crippen molar-refractivity contribution >= 4 is 17.8 Å². The summed E-state index contributed by atoms with van der Waals surface area (Å²) in [6, 6.07) is 8.23. The number of benzene rings is 1. The van der Waals surface area contributed by atoms with E-state index in [0.717, 1.165) is 12.8 Å². The smallest absolute Gasteiger partial charge is 0.407 e. The van der Waals surface area contributed by atoms with Crippen molar-refractivity contribution in [2.75, 3.05) is 13.2 Å². The van der Waals surface area contributed by atoms with E-state index in [1.54, 1.807) is 30.3 Å². The molecule has 1 fully saturated rings. The number of hydrogen-bond donors (Lipinski definition) is 1. The summed E-state index contributed by atoms with van der Waals surface area (Å²) in [6.07, 6.45) is 1.33. The molecule has 1 N–H and O–H groups in total. The van der Waals surface area contributed by atoms with Gasteiger partial charge < -0.3 is 14.7 Å². The van der Waals surface area contributed by atoms with E-state index in [0.29, 0.717) is 18.5 Å². The van der Waals surface area contributed by atoms with Gasteiger partial charge >= 0.3 is 12.1 Å². The van der Waals surface area contributed by atoms with Gasteiger partial charge in [0.1, 0.15) is 0 Å². The minimum Gasteiger partial charge on any atom is -0.465 e. The van der Waals surface area contributed by atoms with Crippen LogP contribution >= 0.6 is 0 Å². The lowest BCUT2D eigenvalue weighted by molar-refractivity contribution is -0.144. The third-order valence-electron chi connectivity index (χ3n) is 3.74. The van der Waals surface area contributed by atoms with E-state index in [4.69, 9.17) is 9.84 Å². The Morgan fingerprint density at radius 3 is 2.59 bits per heavy atom. The molecule has 1 aliphatic heterocycles. The fraction of sp³-hybridized carbons (Fsp3) is 0.438. The largest absolute Gasteiger partial charge is 0.465 e. The van der Waals surface area contributed by atoms with Crippen molar-refractivity contribution in [2.45, 2.75) is 31.7 Å². The zero-order chi connectivity index (χ0) is 15.9. The van der Waals surface area contributed by atoms with Crippen LogP contribution in [0.3, 0.4) is 0 Å². The summed E-state index contributed by atoms with van der Waals surface area (Å²) in [7, 11) is 0. The summed E-state index contributed by atoms with van der Waals surface area (Å²) >= 11 is 0. The molecule has 1 saturated heterocycles. The van der Waals surface area contributed by atoms with Gasteiger partial charge in [0, 0.05) is 18.2 Å². The van der Waals surface area contributed by atoms with Gasteiger partial charge in [0.2, 0.25) is 0 Å². The van der Waals surface area contributed by atoms with Crippen LogP contribution in [0.5, 0.6) is 0 Å². The van der Waals surface area contributed by atoms with Crippen molar-refractivity contribution in [3.63, 3.8) is 0 Å². The highest BCUT2D eigenvalue weighted by Crippen LogP contribution is 2.20. The molecule has 1 aliphatic rings. The Morgan fingerprint density at radius 2 is 1.91 bits per heavy atom. The summed E-state index contributed by atoms with van der Waals surface area (Å²) in [5.74, 6) is -0.810. The highest BCUT2D eigenvalue weighted by Gasteiger charge is 2.28. The molecule has 2 rings (SSSR count). The highest BCUT2D eigenvalue weighted by molar-refractivity contribution is 5.97. The predicted molar refractivity (Wildman–Crippen MR) is 78.7 cm³/mol. The molecular formula is C16H19NO5. The molecule has 22 heavy (non-hydrogen) atoms. The van der Waals surface area contributed by atoms with Gasteiger partial charge in [0.05, 0.1) is 6.42 Å². The fourth-order valence-corrected chi connectivity index (χ4v) is 2.57. The van der Waals surface area contributed by atoms with Crippen LogP contribution in [0.25, 0.3) is 0 Å². The first-order valence-electron chi connectivity index (χ1n) is 7.31. The number of carbonyl (C=O) groups excluding carboxylic acids is 2. The number of carboxylic acid groups (broad SMARTS) is 1. The van der Waals surface area contributed by atoms with Gasteiger partial charge in [-0.05, 0) is 19.3 Å². The SMILES string of the molecule is O=C(CC1CCCCN1C(=O)O)OCC(=O)c1ccccc1. The number of ketones is 1. The second-order valence-electron chi connectivity index (χ2n) is 5.28. The van der Waals surface area contributed by atoms with Crippen LogP contribution in [0.1, 0.15) is 36.0 Å². The Hall–Kier alpha value is -2.37. The molecule has 1 aromatic carbocycles. The number of amides is 1. The average molecular weight is 305 g/mol. The Morgan fingerprint density at radius 1 is 1.18 bits per heavy atom. The van der Waals surface area contributed by atoms with Gasteiger partial charge in [-0.15, -0.1) is 0 Å². The van der Waals surface area contributed by atoms with Crippen molar-refractivity contribution in [3.05, 3.63) is 35.9 Å². The summed E-state index contributed by atoms with van der Waals surface area (Å²) in [4.78, 5) is 36.1. The lowest BCUT2D eigenvalue weighted by atomic mass is 10.00. The zero-order valence-electron chi connectivity index (χ0n) is 12.2. The van der Waals surface area contributed by atoms with Crippen LogP contribution in [0, 0.1) is 0 Å². The first kappa shape index (κ1) is 16.0. The van der Waals surface area contributed by atoms with E-state index >= 15 is 0 Å². The second-order valence-corrected chi connectivity index (χ2v) is 5.28. The summed E-state index contributed by atoms with van der Waals surface area (Å²) in [6.45, 7) is 0.124. The van der Waals surface area contributed by atoms with Crippen molar-refractivity contribution in [1.82, 2.24) is 4.90 Å². The summed E-state index contributed by atoms with van der Waals surface area (Å²) < 4.78 is 4.98. The van der Waals surface area contributed by atoms with E-state index in [1.807, 2.05) is 0 Å². The first-order valence-corrected chi connectivity index (χ1v) is 7.31. The van der Waals surface area contributed by atoms with Crippen molar-refractivity contribution in [3.8, 4) is 0 Å². The van der Waals surface area contributed by atoms with Crippen molar-refractivity contribution < 1.29 is 24.2 Å². The Kier molecular flexibility index (Phi) is 5.52. The van der Waals surface area contributed by atoms with Gasteiger partial charge in [0.25, 0.3) is 0 Å². The standard InChI is InChI=1S/C16H19NO5/c18-14(12-6-2-1-3-7-12)11-22-15(19)10-13-8-4-5-9-17(13)16(20)21/h1-3,6-7,13H,4-5,8-11H2,(H,20,21). The quantitative estimate of drug-likeness (QED) is 0.666. The molecular weight excluding hydrogens is 286 g/mol. The van der Waals surface area contributed by atoms with E-state index in [1.165, 1.54) is 4.90 Å². The van der Waals surface area contributed by atoms with Crippen LogP contribution in [-0.2, 0) is 9.53 Å². The number of hydrogen-bond acceptors (Lipinski definition) is 4. The number of esters is 1. The molecule has 1 atom stereocenters. The molecule has 0 bridgehead atoms. The van der Waals surface area contributed by atoms with Gasteiger partial charge in [-0.3, -0.25) is 9.59 Å². The molecule has 0 spiro atoms. The minimum absolute atomic E-state index is 0.00559. The summed E-state index contributed by atoms with van der Waals surface area (Å²) in [5, 5.41) is 9.11. The number of piperidine rings is 1. The van der Waals surface area contributed by atoms with Crippen LogP contribution in [0.2, 0.25) is 0 Å². The molecule has 1 unspecified atom stereocenters. The maximum atomic E-state index is 11.8. The third kappa shape index (κ3) is 4.31. The van der Waals surface area contributed by atoms with Gasteiger partial charge in [-0.2, -0.15) is 0 Å². The van der Waals surface area contributed by atoms with E-state index in [2.05, 4.69) is 0 Å². The van der Waals surface area contributed by atoms with Gasteiger partial charge in [-0.1, -0.05) is 30.3 Å². The maximum Gasteiger partial charge on any atom is 0.407 e. The Balaban J connectivity index is 1.82. The normalized spacial score (nSPS) is 17.8. The number of rotatable bonds is 5. The molecule has 1 amide bonds. The maximum absolute atomic E-state index is 11.8. The molecule has 118 valence electrons. The number of Topliss-reactive ketones (excluding diaryl/α,β-unsaturated/α-hetero) is 1. The van der Waals surface area contributed by atoms with Crippen molar-refractivity contribution in [1.29, 1.82) is 0 Å². The monoisotopic (exact) mass is 305 g/mol. The molecule has 6 nitrogen and oxygen atoms in total. The average Bonchev–Trinajstić information content (AvgIpc) is 2.53. The topological polar surface area (TPSA) is 83.9 Å².